The molecule has 2 rings (SSSR count). The van der Waals surface area contributed by atoms with Crippen LogP contribution in [-0.4, -0.2) is 33.8 Å². The van der Waals surface area contributed by atoms with E-state index in [9.17, 15) is 9.59 Å². The van der Waals surface area contributed by atoms with Gasteiger partial charge < -0.3 is 4.90 Å². The summed E-state index contributed by atoms with van der Waals surface area (Å²) < 4.78 is 1.52. The highest BCUT2D eigenvalue weighted by Crippen LogP contribution is 2.25. The maximum absolute atomic E-state index is 12.6. The Hall–Kier alpha value is -2.13. The van der Waals surface area contributed by atoms with Crippen molar-refractivity contribution >= 4 is 22.2 Å². The molecule has 0 bridgehead atoms. The summed E-state index contributed by atoms with van der Waals surface area (Å²) in [6.07, 6.45) is 6.53. The first-order valence-corrected chi connectivity index (χ1v) is 7.34. The van der Waals surface area contributed by atoms with Crippen molar-refractivity contribution < 1.29 is 4.79 Å². The lowest BCUT2D eigenvalue weighted by Gasteiger charge is -2.18. The Morgan fingerprint density at radius 3 is 2.76 bits per heavy atom. The second kappa shape index (κ2) is 5.34. The molecule has 0 N–H and O–H groups in total. The van der Waals surface area contributed by atoms with E-state index >= 15 is 0 Å². The SMILES string of the molecule is C#CCN(C)C(=O)c1cnc2scc(C(C)(C)C)n2c1=O. The van der Waals surface area contributed by atoms with E-state index in [0.717, 1.165) is 5.69 Å². The fourth-order valence-electron chi connectivity index (χ4n) is 1.97. The predicted octanol–water partition coefficient (Wildman–Crippen LogP) is 1.76. The van der Waals surface area contributed by atoms with Gasteiger partial charge in [-0.25, -0.2) is 4.98 Å². The molecule has 110 valence electrons. The molecular formula is C15H17N3O2S. The summed E-state index contributed by atoms with van der Waals surface area (Å²) in [6.45, 7) is 6.19. The molecule has 1 amide bonds. The molecule has 21 heavy (non-hydrogen) atoms. The highest BCUT2D eigenvalue weighted by molar-refractivity contribution is 7.15. The molecule has 6 heteroatoms. The van der Waals surface area contributed by atoms with Crippen LogP contribution < -0.4 is 5.56 Å². The van der Waals surface area contributed by atoms with Crippen molar-refractivity contribution in [3.05, 3.63) is 33.2 Å². The fourth-order valence-corrected chi connectivity index (χ4v) is 3.05. The number of thiazole rings is 1. The summed E-state index contributed by atoms with van der Waals surface area (Å²) in [7, 11) is 1.56. The highest BCUT2D eigenvalue weighted by atomic mass is 32.1. The van der Waals surface area contributed by atoms with Crippen LogP contribution in [0.1, 0.15) is 36.8 Å². The van der Waals surface area contributed by atoms with Gasteiger partial charge in [-0.05, 0) is 0 Å². The predicted molar refractivity (Wildman–Crippen MR) is 83.8 cm³/mol. The van der Waals surface area contributed by atoms with Crippen molar-refractivity contribution in [2.45, 2.75) is 26.2 Å². The minimum atomic E-state index is -0.411. The van der Waals surface area contributed by atoms with Crippen LogP contribution in [0.25, 0.3) is 4.96 Å². The molecule has 0 radical (unpaired) electrons. The number of terminal acetylenes is 1. The molecule has 0 spiro atoms. The van der Waals surface area contributed by atoms with E-state index in [1.807, 2.05) is 26.2 Å². The van der Waals surface area contributed by atoms with Crippen molar-refractivity contribution in [1.82, 2.24) is 14.3 Å². The summed E-state index contributed by atoms with van der Waals surface area (Å²) in [6, 6.07) is 0. The number of aromatic nitrogens is 2. The Balaban J connectivity index is 2.64. The number of fused-ring (bicyclic) bond motifs is 1. The molecule has 2 heterocycles. The standard InChI is InChI=1S/C15H17N3O2S/c1-6-7-17(5)12(19)10-8-16-14-18(13(10)20)11(9-21-14)15(2,3)4/h1,8-9H,7H2,2-5H3. The first kappa shape index (κ1) is 15.3. The van der Waals surface area contributed by atoms with Crippen molar-refractivity contribution in [3.8, 4) is 12.3 Å². The first-order chi connectivity index (χ1) is 9.77. The molecular weight excluding hydrogens is 286 g/mol. The van der Waals surface area contributed by atoms with Gasteiger partial charge in [0.05, 0.1) is 6.54 Å². The Morgan fingerprint density at radius 2 is 2.19 bits per heavy atom. The molecule has 0 saturated heterocycles. The number of rotatable bonds is 2. The fraction of sp³-hybridized carbons (Fsp3) is 0.400. The van der Waals surface area contributed by atoms with Gasteiger partial charge in [-0.2, -0.15) is 0 Å². The Morgan fingerprint density at radius 1 is 1.52 bits per heavy atom. The van der Waals surface area contributed by atoms with Crippen molar-refractivity contribution in [2.24, 2.45) is 0 Å². The molecule has 5 nitrogen and oxygen atoms in total. The van der Waals surface area contributed by atoms with Gasteiger partial charge in [0.2, 0.25) is 0 Å². The molecule has 0 aromatic carbocycles. The number of hydrogen-bond donors (Lipinski definition) is 0. The van der Waals surface area contributed by atoms with E-state index in [2.05, 4.69) is 10.9 Å². The van der Waals surface area contributed by atoms with Gasteiger partial charge in [0, 0.05) is 29.7 Å². The second-order valence-electron chi connectivity index (χ2n) is 5.83. The van der Waals surface area contributed by atoms with Crippen LogP contribution >= 0.6 is 11.3 Å². The lowest BCUT2D eigenvalue weighted by Crippen LogP contribution is -2.34. The molecule has 0 aliphatic rings. The van der Waals surface area contributed by atoms with E-state index < -0.39 is 5.91 Å². The molecule has 0 fully saturated rings. The molecule has 0 aliphatic heterocycles. The monoisotopic (exact) mass is 303 g/mol. The van der Waals surface area contributed by atoms with Gasteiger partial charge in [-0.1, -0.05) is 26.7 Å². The van der Waals surface area contributed by atoms with Gasteiger partial charge in [-0.3, -0.25) is 14.0 Å². The maximum Gasteiger partial charge on any atom is 0.271 e. The third-order valence-electron chi connectivity index (χ3n) is 3.12. The van der Waals surface area contributed by atoms with Gasteiger partial charge in [0.25, 0.3) is 11.5 Å². The highest BCUT2D eigenvalue weighted by Gasteiger charge is 2.23. The summed E-state index contributed by atoms with van der Waals surface area (Å²) in [4.78, 5) is 31.0. The van der Waals surface area contributed by atoms with Crippen LogP contribution in [0, 0.1) is 12.3 Å². The Kier molecular flexibility index (Phi) is 3.88. The lowest BCUT2D eigenvalue weighted by molar-refractivity contribution is 0.0810. The normalized spacial score (nSPS) is 11.4. The van der Waals surface area contributed by atoms with Crippen LogP contribution in [0.15, 0.2) is 16.4 Å². The minimum absolute atomic E-state index is 0.0363. The van der Waals surface area contributed by atoms with Gasteiger partial charge in [0.15, 0.2) is 4.96 Å². The van der Waals surface area contributed by atoms with E-state index in [4.69, 9.17) is 6.42 Å². The number of hydrogen-bond acceptors (Lipinski definition) is 4. The quantitative estimate of drug-likeness (QED) is 0.794. The van der Waals surface area contributed by atoms with Crippen LogP contribution in [0.4, 0.5) is 0 Å². The van der Waals surface area contributed by atoms with Crippen LogP contribution in [0.3, 0.4) is 0 Å². The first-order valence-electron chi connectivity index (χ1n) is 6.46. The van der Waals surface area contributed by atoms with E-state index in [0.29, 0.717) is 4.96 Å². The molecule has 0 saturated carbocycles. The Bertz CT molecular complexity index is 790. The zero-order valence-corrected chi connectivity index (χ0v) is 13.3. The van der Waals surface area contributed by atoms with E-state index in [1.165, 1.54) is 26.8 Å². The summed E-state index contributed by atoms with van der Waals surface area (Å²) in [5.74, 6) is 1.97. The average Bonchev–Trinajstić information content (AvgIpc) is 2.83. The number of amides is 1. The topological polar surface area (TPSA) is 54.7 Å². The zero-order chi connectivity index (χ0) is 15.8. The average molecular weight is 303 g/mol. The van der Waals surface area contributed by atoms with Crippen molar-refractivity contribution in [3.63, 3.8) is 0 Å². The second-order valence-corrected chi connectivity index (χ2v) is 6.67. The number of carbonyl (C=O) groups is 1. The molecule has 2 aromatic rings. The van der Waals surface area contributed by atoms with E-state index in [-0.39, 0.29) is 23.1 Å². The maximum atomic E-state index is 12.6. The third kappa shape index (κ3) is 2.69. The smallest absolute Gasteiger partial charge is 0.271 e. The van der Waals surface area contributed by atoms with Crippen molar-refractivity contribution in [2.75, 3.05) is 13.6 Å². The van der Waals surface area contributed by atoms with Crippen LogP contribution in [-0.2, 0) is 5.41 Å². The molecule has 0 aliphatic carbocycles. The largest absolute Gasteiger partial charge is 0.330 e. The minimum Gasteiger partial charge on any atom is -0.330 e. The number of nitrogens with zero attached hydrogens (tertiary/aromatic N) is 3. The summed E-state index contributed by atoms with van der Waals surface area (Å²) >= 11 is 1.39. The van der Waals surface area contributed by atoms with Crippen LogP contribution in [0.2, 0.25) is 0 Å². The van der Waals surface area contributed by atoms with E-state index in [1.54, 1.807) is 7.05 Å². The van der Waals surface area contributed by atoms with Gasteiger partial charge >= 0.3 is 0 Å². The number of carbonyl (C=O) groups excluding carboxylic acids is 1. The molecule has 0 atom stereocenters. The zero-order valence-electron chi connectivity index (χ0n) is 12.5. The van der Waals surface area contributed by atoms with Gasteiger partial charge in [0.1, 0.15) is 5.56 Å². The summed E-state index contributed by atoms with van der Waals surface area (Å²) in [5, 5.41) is 1.91. The molecule has 2 aromatic heterocycles. The lowest BCUT2D eigenvalue weighted by atomic mass is 9.93. The van der Waals surface area contributed by atoms with Crippen LogP contribution in [0.5, 0.6) is 0 Å². The van der Waals surface area contributed by atoms with Crippen molar-refractivity contribution in [1.29, 1.82) is 0 Å². The summed E-state index contributed by atoms with van der Waals surface area (Å²) in [5.41, 5.74) is 0.319. The Labute approximate surface area is 127 Å². The van der Waals surface area contributed by atoms with Gasteiger partial charge in [-0.15, -0.1) is 17.8 Å². The molecule has 0 unspecified atom stereocenters. The third-order valence-corrected chi connectivity index (χ3v) is 3.96.